The SMILES string of the molecule is C#CC(O)c1c(F)cccc1Cl.C[Si](C)C. The van der Waals surface area contributed by atoms with Crippen molar-refractivity contribution >= 4 is 20.4 Å². The van der Waals surface area contributed by atoms with Gasteiger partial charge in [-0.05, 0) is 12.1 Å². The first kappa shape index (κ1) is 15.2. The van der Waals surface area contributed by atoms with Crippen molar-refractivity contribution in [3.8, 4) is 12.3 Å². The Morgan fingerprint density at radius 3 is 2.31 bits per heavy atom. The lowest BCUT2D eigenvalue weighted by molar-refractivity contribution is 0.233. The van der Waals surface area contributed by atoms with Gasteiger partial charge in [0.05, 0.1) is 5.02 Å². The summed E-state index contributed by atoms with van der Waals surface area (Å²) in [6.07, 6.45) is 3.64. The number of aliphatic hydroxyl groups excluding tert-OH is 1. The zero-order valence-electron chi connectivity index (χ0n) is 9.59. The highest BCUT2D eigenvalue weighted by atomic mass is 35.5. The summed E-state index contributed by atoms with van der Waals surface area (Å²) >= 11 is 5.61. The van der Waals surface area contributed by atoms with E-state index in [4.69, 9.17) is 23.1 Å². The van der Waals surface area contributed by atoms with Gasteiger partial charge >= 0.3 is 0 Å². The van der Waals surface area contributed by atoms with E-state index in [1.807, 2.05) is 5.92 Å². The van der Waals surface area contributed by atoms with Crippen molar-refractivity contribution < 1.29 is 9.50 Å². The first-order valence-corrected chi connectivity index (χ1v) is 8.12. The Bertz CT molecular complexity index is 351. The van der Waals surface area contributed by atoms with Crippen LogP contribution in [0.2, 0.25) is 24.7 Å². The van der Waals surface area contributed by atoms with E-state index >= 15 is 0 Å². The average Bonchev–Trinajstić information content (AvgIpc) is 2.16. The van der Waals surface area contributed by atoms with Crippen LogP contribution >= 0.6 is 11.6 Å². The molecule has 1 N–H and O–H groups in total. The van der Waals surface area contributed by atoms with Crippen molar-refractivity contribution in [2.24, 2.45) is 0 Å². The Morgan fingerprint density at radius 2 is 1.94 bits per heavy atom. The van der Waals surface area contributed by atoms with Crippen molar-refractivity contribution in [3.05, 3.63) is 34.6 Å². The molecule has 0 saturated carbocycles. The molecule has 1 rings (SSSR count). The van der Waals surface area contributed by atoms with Crippen LogP contribution in [0.15, 0.2) is 18.2 Å². The topological polar surface area (TPSA) is 20.2 Å². The van der Waals surface area contributed by atoms with E-state index in [1.165, 1.54) is 18.2 Å². The minimum absolute atomic E-state index is 0.0401. The van der Waals surface area contributed by atoms with Crippen LogP contribution in [0.4, 0.5) is 4.39 Å². The van der Waals surface area contributed by atoms with E-state index in [-0.39, 0.29) is 19.4 Å². The predicted octanol–water partition coefficient (Wildman–Crippen LogP) is 3.52. The standard InChI is InChI=1S/C9H6ClFO.C3H9Si/c1-2-8(12)9-6(10)4-3-5-7(9)11;1-4(2)3/h1,3-5,8,12H;1-3H3. The van der Waals surface area contributed by atoms with Gasteiger partial charge in [-0.2, -0.15) is 0 Å². The Hall–Kier alpha value is -0.823. The number of hydrogen-bond donors (Lipinski definition) is 1. The molecule has 0 aliphatic heterocycles. The summed E-state index contributed by atoms with van der Waals surface area (Å²) in [5.74, 6) is 1.40. The highest BCUT2D eigenvalue weighted by molar-refractivity contribution is 6.54. The van der Waals surface area contributed by atoms with Crippen molar-refractivity contribution in [2.45, 2.75) is 25.7 Å². The van der Waals surface area contributed by atoms with Gasteiger partial charge in [-0.25, -0.2) is 4.39 Å². The molecule has 87 valence electrons. The number of rotatable bonds is 1. The van der Waals surface area contributed by atoms with Crippen LogP contribution < -0.4 is 0 Å². The van der Waals surface area contributed by atoms with E-state index in [1.54, 1.807) is 0 Å². The summed E-state index contributed by atoms with van der Waals surface area (Å²) < 4.78 is 12.9. The van der Waals surface area contributed by atoms with Crippen LogP contribution in [0.25, 0.3) is 0 Å². The molecule has 0 aromatic heterocycles. The number of aliphatic hydroxyl groups is 1. The molecule has 4 heteroatoms. The fourth-order valence-electron chi connectivity index (χ4n) is 0.855. The Labute approximate surface area is 103 Å². The summed E-state index contributed by atoms with van der Waals surface area (Å²) in [5, 5.41) is 9.27. The molecular weight excluding hydrogens is 243 g/mol. The van der Waals surface area contributed by atoms with E-state index in [9.17, 15) is 4.39 Å². The number of hydrogen-bond acceptors (Lipinski definition) is 1. The van der Waals surface area contributed by atoms with Gasteiger partial charge in [0.2, 0.25) is 0 Å². The second-order valence-electron chi connectivity index (χ2n) is 3.70. The van der Waals surface area contributed by atoms with Crippen LogP contribution in [0.3, 0.4) is 0 Å². The molecule has 1 nitrogen and oxygen atoms in total. The lowest BCUT2D eigenvalue weighted by Crippen LogP contribution is -1.98. The highest BCUT2D eigenvalue weighted by Crippen LogP contribution is 2.24. The summed E-state index contributed by atoms with van der Waals surface area (Å²) in [6, 6.07) is 4.12. The molecule has 0 fully saturated rings. The fraction of sp³-hybridized carbons (Fsp3) is 0.333. The quantitative estimate of drug-likeness (QED) is 0.603. The molecule has 1 atom stereocenters. The summed E-state index contributed by atoms with van der Waals surface area (Å²) in [7, 11) is 0.120. The van der Waals surface area contributed by atoms with Crippen LogP contribution in [0.5, 0.6) is 0 Å². The molecule has 1 aromatic carbocycles. The van der Waals surface area contributed by atoms with Gasteiger partial charge in [0.15, 0.2) is 0 Å². The average molecular weight is 258 g/mol. The van der Waals surface area contributed by atoms with Gasteiger partial charge in [0.25, 0.3) is 0 Å². The number of terminal acetylenes is 1. The van der Waals surface area contributed by atoms with E-state index in [0.29, 0.717) is 0 Å². The molecule has 0 saturated heterocycles. The third kappa shape index (κ3) is 5.31. The van der Waals surface area contributed by atoms with Crippen molar-refractivity contribution in [1.82, 2.24) is 0 Å². The molecule has 0 aliphatic rings. The van der Waals surface area contributed by atoms with Crippen molar-refractivity contribution in [1.29, 1.82) is 0 Å². The largest absolute Gasteiger partial charge is 0.376 e. The fourth-order valence-corrected chi connectivity index (χ4v) is 1.12. The number of halogens is 2. The summed E-state index contributed by atoms with van der Waals surface area (Å²) in [4.78, 5) is 0. The molecule has 1 aromatic rings. The Kier molecular flexibility index (Phi) is 7.07. The summed E-state index contributed by atoms with van der Waals surface area (Å²) in [5.41, 5.74) is -0.0401. The monoisotopic (exact) mass is 257 g/mol. The summed E-state index contributed by atoms with van der Waals surface area (Å²) in [6.45, 7) is 6.81. The van der Waals surface area contributed by atoms with Gasteiger partial charge in [0.1, 0.15) is 11.9 Å². The minimum atomic E-state index is -1.28. The molecule has 0 spiro atoms. The van der Waals surface area contributed by atoms with E-state index in [0.717, 1.165) is 0 Å². The third-order valence-corrected chi connectivity index (χ3v) is 1.76. The molecule has 1 radical (unpaired) electrons. The third-order valence-electron chi connectivity index (χ3n) is 1.43. The maximum Gasteiger partial charge on any atom is 0.144 e. The lowest BCUT2D eigenvalue weighted by Gasteiger charge is -2.06. The smallest absolute Gasteiger partial charge is 0.144 e. The molecule has 1 unspecified atom stereocenters. The first-order chi connectivity index (χ1) is 7.40. The zero-order chi connectivity index (χ0) is 12.7. The van der Waals surface area contributed by atoms with Crippen LogP contribution in [-0.2, 0) is 0 Å². The van der Waals surface area contributed by atoms with Crippen molar-refractivity contribution in [2.75, 3.05) is 0 Å². The lowest BCUT2D eigenvalue weighted by atomic mass is 10.1. The van der Waals surface area contributed by atoms with Gasteiger partial charge in [0, 0.05) is 14.4 Å². The minimum Gasteiger partial charge on any atom is -0.376 e. The van der Waals surface area contributed by atoms with E-state index in [2.05, 4.69) is 19.6 Å². The van der Waals surface area contributed by atoms with Gasteiger partial charge in [-0.3, -0.25) is 0 Å². The molecule has 16 heavy (non-hydrogen) atoms. The Balaban J connectivity index is 0.000000487. The van der Waals surface area contributed by atoms with Crippen LogP contribution in [0, 0.1) is 18.2 Å². The molecule has 0 amide bonds. The maximum absolute atomic E-state index is 12.9. The van der Waals surface area contributed by atoms with Crippen LogP contribution in [-0.4, -0.2) is 13.9 Å². The van der Waals surface area contributed by atoms with Crippen LogP contribution in [0.1, 0.15) is 11.7 Å². The zero-order valence-corrected chi connectivity index (χ0v) is 11.3. The molecule has 0 heterocycles. The molecule has 0 aliphatic carbocycles. The molecular formula is C12H15ClFOSi. The maximum atomic E-state index is 12.9. The second kappa shape index (κ2) is 7.45. The van der Waals surface area contributed by atoms with Crippen molar-refractivity contribution in [3.63, 3.8) is 0 Å². The highest BCUT2D eigenvalue weighted by Gasteiger charge is 2.13. The van der Waals surface area contributed by atoms with Gasteiger partial charge < -0.3 is 5.11 Å². The predicted molar refractivity (Wildman–Crippen MR) is 68.5 cm³/mol. The van der Waals surface area contributed by atoms with Gasteiger partial charge in [-0.15, -0.1) is 6.42 Å². The van der Waals surface area contributed by atoms with Gasteiger partial charge in [-0.1, -0.05) is 43.2 Å². The first-order valence-electron chi connectivity index (χ1n) is 4.75. The van der Waals surface area contributed by atoms with E-state index < -0.39 is 11.9 Å². The second-order valence-corrected chi connectivity index (χ2v) is 7.11. The normalized spacial score (nSPS) is 11.4. The number of benzene rings is 1. The Morgan fingerprint density at radius 1 is 1.44 bits per heavy atom. The molecule has 0 bridgehead atoms.